The van der Waals surface area contributed by atoms with Crippen molar-refractivity contribution in [3.05, 3.63) is 70.0 Å². The lowest BCUT2D eigenvalue weighted by atomic mass is 9.92. The Balaban J connectivity index is 1.59. The lowest BCUT2D eigenvalue weighted by molar-refractivity contribution is 0.0820. The molecule has 1 saturated carbocycles. The Morgan fingerprint density at radius 3 is 2.84 bits per heavy atom. The van der Waals surface area contributed by atoms with Crippen LogP contribution in [-0.2, 0) is 11.2 Å². The summed E-state index contributed by atoms with van der Waals surface area (Å²) in [6.45, 7) is 5.09. The fourth-order valence-corrected chi connectivity index (χ4v) is 4.82. The first-order chi connectivity index (χ1) is 14.8. The predicted octanol–water partition coefficient (Wildman–Crippen LogP) is 5.94. The normalized spacial score (nSPS) is 22.9. The highest BCUT2D eigenvalue weighted by molar-refractivity contribution is 6.33. The van der Waals surface area contributed by atoms with Crippen LogP contribution < -0.4 is 5.73 Å². The summed E-state index contributed by atoms with van der Waals surface area (Å²) in [7, 11) is 0. The van der Waals surface area contributed by atoms with E-state index in [1.165, 1.54) is 6.07 Å². The number of ether oxygens (including phenoxy) is 1. The number of amides is 1. The minimum Gasteiger partial charge on any atom is -0.447 e. The Labute approximate surface area is 187 Å². The zero-order valence-corrected chi connectivity index (χ0v) is 18.7. The lowest BCUT2D eigenvalue weighted by Gasteiger charge is -2.19. The zero-order valence-electron chi connectivity index (χ0n) is 17.9. The van der Waals surface area contributed by atoms with E-state index in [1.54, 1.807) is 17.0 Å². The van der Waals surface area contributed by atoms with Crippen LogP contribution >= 0.6 is 11.6 Å². The summed E-state index contributed by atoms with van der Waals surface area (Å²) in [5, 5.41) is 0.507. The molecule has 0 bridgehead atoms. The number of likely N-dealkylation sites (tertiary alicyclic amines) is 1. The van der Waals surface area contributed by atoms with Crippen LogP contribution in [0.15, 0.2) is 48.0 Å². The number of rotatable bonds is 5. The van der Waals surface area contributed by atoms with E-state index >= 15 is 0 Å². The van der Waals surface area contributed by atoms with Crippen molar-refractivity contribution in [3.8, 4) is 0 Å². The number of nitrogen functional groups attached to an aromatic ring is 1. The minimum atomic E-state index is -0.248. The topological polar surface area (TPSA) is 55.6 Å². The van der Waals surface area contributed by atoms with Gasteiger partial charge in [-0.2, -0.15) is 0 Å². The van der Waals surface area contributed by atoms with E-state index in [0.29, 0.717) is 41.7 Å². The van der Waals surface area contributed by atoms with Crippen LogP contribution in [0.1, 0.15) is 37.8 Å². The summed E-state index contributed by atoms with van der Waals surface area (Å²) in [4.78, 5) is 14.2. The molecule has 6 heteroatoms. The van der Waals surface area contributed by atoms with E-state index in [-0.39, 0.29) is 23.4 Å². The average molecular weight is 443 g/mol. The van der Waals surface area contributed by atoms with E-state index in [0.717, 1.165) is 24.0 Å². The molecular formula is C25H28ClFN2O2. The van der Waals surface area contributed by atoms with Crippen LogP contribution in [0, 0.1) is 17.2 Å². The van der Waals surface area contributed by atoms with E-state index in [4.69, 9.17) is 22.1 Å². The number of carbonyl (C=O) groups excluding carboxylic acids is 1. The maximum Gasteiger partial charge on any atom is 0.410 e. The fourth-order valence-electron chi connectivity index (χ4n) is 4.63. The zero-order chi connectivity index (χ0) is 22.2. The van der Waals surface area contributed by atoms with Crippen LogP contribution in [0.2, 0.25) is 5.02 Å². The van der Waals surface area contributed by atoms with Crippen molar-refractivity contribution in [2.24, 2.45) is 11.3 Å². The summed E-state index contributed by atoms with van der Waals surface area (Å²) in [5.41, 5.74) is 9.21. The number of nitrogens with zero attached hydrogens (tertiary/aromatic N) is 1. The van der Waals surface area contributed by atoms with Crippen molar-refractivity contribution in [1.29, 1.82) is 0 Å². The van der Waals surface area contributed by atoms with Crippen molar-refractivity contribution in [1.82, 2.24) is 4.90 Å². The van der Waals surface area contributed by atoms with Crippen molar-refractivity contribution >= 4 is 29.5 Å². The number of anilines is 1. The smallest absolute Gasteiger partial charge is 0.410 e. The highest BCUT2D eigenvalue weighted by Gasteiger charge is 2.59. The van der Waals surface area contributed by atoms with Gasteiger partial charge in [-0.05, 0) is 73.8 Å². The average Bonchev–Trinajstić information content (AvgIpc) is 3.24. The van der Waals surface area contributed by atoms with Crippen LogP contribution in [0.4, 0.5) is 14.9 Å². The molecule has 2 aliphatic rings. The van der Waals surface area contributed by atoms with Gasteiger partial charge in [0.25, 0.3) is 0 Å². The number of benzene rings is 2. The Hall–Kier alpha value is -2.53. The Bertz CT molecular complexity index is 1020. The molecule has 1 aliphatic heterocycles. The predicted molar refractivity (Wildman–Crippen MR) is 122 cm³/mol. The van der Waals surface area contributed by atoms with Gasteiger partial charge < -0.3 is 15.4 Å². The molecular weight excluding hydrogens is 415 g/mol. The second-order valence-electron chi connectivity index (χ2n) is 8.99. The molecule has 0 radical (unpaired) electrons. The van der Waals surface area contributed by atoms with Gasteiger partial charge in [0.1, 0.15) is 5.82 Å². The highest BCUT2D eigenvalue weighted by Crippen LogP contribution is 2.62. The van der Waals surface area contributed by atoms with Gasteiger partial charge in [0, 0.05) is 13.1 Å². The SMILES string of the molecule is CC(C)OC(=O)N1CC[C@]2(CC2/C(=C/c2ccc(N)c(Cl)c2)Cc2ccccc2F)C1. The maximum atomic E-state index is 14.4. The van der Waals surface area contributed by atoms with Gasteiger partial charge in [-0.1, -0.05) is 47.5 Å². The quantitative estimate of drug-likeness (QED) is 0.582. The van der Waals surface area contributed by atoms with Crippen molar-refractivity contribution < 1.29 is 13.9 Å². The van der Waals surface area contributed by atoms with Gasteiger partial charge in [0.05, 0.1) is 16.8 Å². The summed E-state index contributed by atoms with van der Waals surface area (Å²) in [6.07, 6.45) is 4.17. The number of allylic oxidation sites excluding steroid dienone is 1. The van der Waals surface area contributed by atoms with Crippen LogP contribution in [-0.4, -0.2) is 30.2 Å². The van der Waals surface area contributed by atoms with Crippen molar-refractivity contribution in [3.63, 3.8) is 0 Å². The molecule has 2 atom stereocenters. The minimum absolute atomic E-state index is 0.0463. The maximum absolute atomic E-state index is 14.4. The molecule has 1 heterocycles. The van der Waals surface area contributed by atoms with Gasteiger partial charge >= 0.3 is 6.09 Å². The fraction of sp³-hybridized carbons (Fsp3) is 0.400. The third-order valence-electron chi connectivity index (χ3n) is 6.35. The molecule has 4 rings (SSSR count). The van der Waals surface area contributed by atoms with Gasteiger partial charge in [-0.15, -0.1) is 0 Å². The summed E-state index contributed by atoms with van der Waals surface area (Å²) < 4.78 is 19.8. The van der Waals surface area contributed by atoms with Gasteiger partial charge in [-0.3, -0.25) is 0 Å². The van der Waals surface area contributed by atoms with Crippen molar-refractivity contribution in [2.45, 2.75) is 39.2 Å². The second kappa shape index (κ2) is 8.54. The third-order valence-corrected chi connectivity index (χ3v) is 6.67. The molecule has 2 aromatic carbocycles. The van der Waals surface area contributed by atoms with E-state index in [9.17, 15) is 9.18 Å². The summed E-state index contributed by atoms with van der Waals surface area (Å²) >= 11 is 6.22. The summed E-state index contributed by atoms with van der Waals surface area (Å²) in [6, 6.07) is 12.4. The molecule has 1 unspecified atom stereocenters. The molecule has 164 valence electrons. The molecule has 2 aromatic rings. The Morgan fingerprint density at radius 1 is 1.35 bits per heavy atom. The van der Waals surface area contributed by atoms with Crippen LogP contribution in [0.5, 0.6) is 0 Å². The molecule has 1 amide bonds. The Kier molecular flexibility index (Phi) is 5.98. The first-order valence-corrected chi connectivity index (χ1v) is 11.1. The van der Waals surface area contributed by atoms with Gasteiger partial charge in [0.15, 0.2) is 0 Å². The molecule has 2 fully saturated rings. The van der Waals surface area contributed by atoms with Gasteiger partial charge in [-0.25, -0.2) is 9.18 Å². The van der Waals surface area contributed by atoms with E-state index in [2.05, 4.69) is 6.08 Å². The highest BCUT2D eigenvalue weighted by atomic mass is 35.5. The third kappa shape index (κ3) is 4.72. The van der Waals surface area contributed by atoms with Crippen molar-refractivity contribution in [2.75, 3.05) is 18.8 Å². The molecule has 1 spiro atoms. The monoisotopic (exact) mass is 442 g/mol. The molecule has 31 heavy (non-hydrogen) atoms. The second-order valence-corrected chi connectivity index (χ2v) is 9.40. The molecule has 4 nitrogen and oxygen atoms in total. The molecule has 2 N–H and O–H groups in total. The molecule has 1 aliphatic carbocycles. The number of halogens is 2. The first kappa shape index (κ1) is 21.7. The Morgan fingerprint density at radius 2 is 2.13 bits per heavy atom. The standard InChI is InChI=1S/C25H28ClFN2O2/c1-16(2)31-24(30)29-10-9-25(15-29)14-20(25)19(13-18-5-3-4-6-22(18)27)11-17-7-8-23(28)21(26)12-17/h3-8,11-12,16,20H,9-10,13-15,28H2,1-2H3/b19-11+/t20?,25-/m0/s1. The number of hydrogen-bond donors (Lipinski definition) is 1. The van der Waals surface area contributed by atoms with Crippen LogP contribution in [0.25, 0.3) is 6.08 Å². The number of carbonyl (C=O) groups is 1. The molecule has 0 aromatic heterocycles. The van der Waals surface area contributed by atoms with Crippen LogP contribution in [0.3, 0.4) is 0 Å². The summed E-state index contributed by atoms with van der Waals surface area (Å²) in [5.74, 6) is 0.0901. The largest absolute Gasteiger partial charge is 0.447 e. The number of hydrogen-bond acceptors (Lipinski definition) is 3. The first-order valence-electron chi connectivity index (χ1n) is 10.7. The van der Waals surface area contributed by atoms with Gasteiger partial charge in [0.2, 0.25) is 0 Å². The van der Waals surface area contributed by atoms with E-state index < -0.39 is 0 Å². The number of nitrogens with two attached hydrogens (primary N) is 1. The molecule has 1 saturated heterocycles. The van der Waals surface area contributed by atoms with E-state index in [1.807, 2.05) is 38.1 Å². The lowest BCUT2D eigenvalue weighted by Crippen LogP contribution is -2.31.